The van der Waals surface area contributed by atoms with Crippen molar-refractivity contribution in [1.29, 1.82) is 0 Å². The van der Waals surface area contributed by atoms with Crippen LogP contribution in [0.5, 0.6) is 0 Å². The van der Waals surface area contributed by atoms with Gasteiger partial charge in [-0.25, -0.2) is 0 Å². The number of aromatic nitrogens is 1. The highest BCUT2D eigenvalue weighted by Crippen LogP contribution is 2.25. The van der Waals surface area contributed by atoms with E-state index < -0.39 is 5.60 Å². The number of para-hydroxylation sites is 2. The molecule has 0 spiro atoms. The molecule has 2 heterocycles. The van der Waals surface area contributed by atoms with E-state index in [0.29, 0.717) is 29.5 Å². The maximum absolute atomic E-state index is 13.2. The molecule has 9 nitrogen and oxygen atoms in total. The van der Waals surface area contributed by atoms with Crippen molar-refractivity contribution < 1.29 is 9.53 Å². The minimum atomic E-state index is -0.392. The Balaban J connectivity index is 1.39. The van der Waals surface area contributed by atoms with Crippen molar-refractivity contribution in [3.05, 3.63) is 109 Å². The lowest BCUT2D eigenvalue weighted by atomic mass is 10.2. The van der Waals surface area contributed by atoms with E-state index in [2.05, 4.69) is 87.0 Å². The number of ether oxygens (including phenoxy) is 1. The summed E-state index contributed by atoms with van der Waals surface area (Å²) < 4.78 is 5.80. The molecule has 1 amide bonds. The van der Waals surface area contributed by atoms with Gasteiger partial charge in [-0.1, -0.05) is 42.5 Å². The highest BCUT2D eigenvalue weighted by atomic mass is 16.5. The molecule has 0 bridgehead atoms. The van der Waals surface area contributed by atoms with Gasteiger partial charge in [0, 0.05) is 51.2 Å². The molecule has 240 valence electrons. The van der Waals surface area contributed by atoms with Crippen molar-refractivity contribution in [2.45, 2.75) is 46.3 Å². The lowest BCUT2D eigenvalue weighted by molar-refractivity contribution is 0.0565. The number of benzene rings is 2. The number of rotatable bonds is 14. The Labute approximate surface area is 269 Å². The molecule has 3 N–H and O–H groups in total. The van der Waals surface area contributed by atoms with Gasteiger partial charge in [-0.15, -0.1) is 0 Å². The lowest BCUT2D eigenvalue weighted by Gasteiger charge is -2.33. The summed E-state index contributed by atoms with van der Waals surface area (Å²) in [7, 11) is 2.18. The van der Waals surface area contributed by atoms with Crippen LogP contribution in [0.25, 0.3) is 0 Å². The maximum atomic E-state index is 13.2. The van der Waals surface area contributed by atoms with Crippen LogP contribution in [-0.2, 0) is 11.3 Å². The second-order valence-electron chi connectivity index (χ2n) is 12.7. The first kappa shape index (κ1) is 33.6. The zero-order valence-corrected chi connectivity index (χ0v) is 27.5. The van der Waals surface area contributed by atoms with Gasteiger partial charge in [0.2, 0.25) is 0 Å². The van der Waals surface area contributed by atoms with Crippen molar-refractivity contribution in [2.24, 2.45) is 0 Å². The van der Waals surface area contributed by atoms with Crippen LogP contribution in [0.2, 0.25) is 0 Å². The number of hydrogen-bond acceptors (Lipinski definition) is 8. The monoisotopic (exact) mass is 611 g/mol. The van der Waals surface area contributed by atoms with E-state index in [0.717, 1.165) is 62.8 Å². The topological polar surface area (TPSA) is 85.0 Å². The predicted octanol–water partition coefficient (Wildman–Crippen LogP) is 6.36. The molecule has 4 rings (SSSR count). The third kappa shape index (κ3) is 11.0. The van der Waals surface area contributed by atoms with E-state index in [9.17, 15) is 4.79 Å². The van der Waals surface area contributed by atoms with E-state index in [-0.39, 0.29) is 5.91 Å². The summed E-state index contributed by atoms with van der Waals surface area (Å²) in [6.07, 6.45) is 2.79. The Kier molecular flexibility index (Phi) is 11.6. The minimum absolute atomic E-state index is 0.298. The molecule has 0 radical (unpaired) electrons. The van der Waals surface area contributed by atoms with Gasteiger partial charge < -0.3 is 35.4 Å². The van der Waals surface area contributed by atoms with Crippen molar-refractivity contribution >= 4 is 23.0 Å². The summed E-state index contributed by atoms with van der Waals surface area (Å²) >= 11 is 0. The fraction of sp³-hybridized carbons (Fsp3) is 0.389. The number of hydrogen-bond donors (Lipinski definition) is 3. The number of likely N-dealkylation sites (N-methyl/N-ethyl adjacent to an activating group) is 1. The zero-order valence-electron chi connectivity index (χ0n) is 27.5. The number of anilines is 3. The van der Waals surface area contributed by atoms with Gasteiger partial charge in [-0.3, -0.25) is 9.78 Å². The van der Waals surface area contributed by atoms with Crippen LogP contribution in [0, 0.1) is 6.92 Å². The van der Waals surface area contributed by atoms with Gasteiger partial charge in [0.1, 0.15) is 11.3 Å². The van der Waals surface area contributed by atoms with Crippen molar-refractivity contribution in [2.75, 3.05) is 62.3 Å². The third-order valence-electron chi connectivity index (χ3n) is 7.53. The quantitative estimate of drug-likeness (QED) is 0.182. The van der Waals surface area contributed by atoms with Crippen LogP contribution in [0.3, 0.4) is 0 Å². The summed E-state index contributed by atoms with van der Waals surface area (Å²) in [6, 6.07) is 19.5. The molecule has 0 atom stereocenters. The summed E-state index contributed by atoms with van der Waals surface area (Å²) in [6.45, 7) is 23.2. The second kappa shape index (κ2) is 15.6. The second-order valence-corrected chi connectivity index (χ2v) is 12.7. The number of carbonyl (C=O) groups is 1. The van der Waals surface area contributed by atoms with Crippen LogP contribution in [-0.4, -0.2) is 77.5 Å². The lowest BCUT2D eigenvalue weighted by Crippen LogP contribution is -2.45. The van der Waals surface area contributed by atoms with Gasteiger partial charge >= 0.3 is 0 Å². The number of carbonyl (C=O) groups excluding carboxylic acids is 1. The van der Waals surface area contributed by atoms with Gasteiger partial charge in [0.05, 0.1) is 17.2 Å². The molecule has 2 aromatic carbocycles. The van der Waals surface area contributed by atoms with Gasteiger partial charge in [-0.05, 0) is 90.2 Å². The Bertz CT molecular complexity index is 1420. The standard InChI is InChI=1S/C36H49N7O2/c1-27-13-16-31(17-14-27)38-28(2)43(20-10-19-42-23-21-41(7)22-24-42)26-30-15-18-34(37-25-30)35(44)40-33-12-9-8-11-32(33)39-29(3)45-36(4,5)6/h8-9,11-18,25,38-39H,2-3,10,19-24,26H2,1,4-7H3,(H,40,44). The molecule has 9 heteroatoms. The molecule has 1 aliphatic heterocycles. The number of aryl methyl sites for hydroxylation is 1. The number of pyridine rings is 1. The molecule has 0 unspecified atom stereocenters. The predicted molar refractivity (Wildman–Crippen MR) is 185 cm³/mol. The van der Waals surface area contributed by atoms with E-state index in [4.69, 9.17) is 4.74 Å². The minimum Gasteiger partial charge on any atom is -0.474 e. The largest absolute Gasteiger partial charge is 0.474 e. The maximum Gasteiger partial charge on any atom is 0.274 e. The van der Waals surface area contributed by atoms with Crippen molar-refractivity contribution in [1.82, 2.24) is 19.7 Å². The van der Waals surface area contributed by atoms with Crippen molar-refractivity contribution in [3.63, 3.8) is 0 Å². The van der Waals surface area contributed by atoms with Crippen LogP contribution in [0.15, 0.2) is 91.7 Å². The highest BCUT2D eigenvalue weighted by Gasteiger charge is 2.17. The summed E-state index contributed by atoms with van der Waals surface area (Å²) in [5, 5.41) is 9.59. The van der Waals surface area contributed by atoms with Crippen molar-refractivity contribution in [3.8, 4) is 0 Å². The third-order valence-corrected chi connectivity index (χ3v) is 7.53. The fourth-order valence-corrected chi connectivity index (χ4v) is 5.05. The molecule has 1 fully saturated rings. The molecular weight excluding hydrogens is 562 g/mol. The zero-order chi connectivity index (χ0) is 32.4. The average Bonchev–Trinajstić information content (AvgIpc) is 2.99. The molecule has 1 saturated heterocycles. The summed E-state index contributed by atoms with van der Waals surface area (Å²) in [4.78, 5) is 24.8. The highest BCUT2D eigenvalue weighted by molar-refractivity contribution is 6.04. The number of nitrogens with zero attached hydrogens (tertiary/aromatic N) is 4. The first-order chi connectivity index (χ1) is 21.4. The fourth-order valence-electron chi connectivity index (χ4n) is 5.05. The number of amides is 1. The molecular formula is C36H49N7O2. The molecule has 45 heavy (non-hydrogen) atoms. The van der Waals surface area contributed by atoms with E-state index >= 15 is 0 Å². The molecule has 0 saturated carbocycles. The Morgan fingerprint density at radius 1 is 0.933 bits per heavy atom. The van der Waals surface area contributed by atoms with Crippen LogP contribution >= 0.6 is 0 Å². The first-order valence-electron chi connectivity index (χ1n) is 15.6. The van der Waals surface area contributed by atoms with E-state index in [1.807, 2.05) is 51.1 Å². The summed E-state index contributed by atoms with van der Waals surface area (Å²) in [5.74, 6) is 0.936. The first-order valence-corrected chi connectivity index (χ1v) is 15.6. The Morgan fingerprint density at radius 2 is 1.60 bits per heavy atom. The molecule has 1 aromatic heterocycles. The Morgan fingerprint density at radius 3 is 2.22 bits per heavy atom. The van der Waals surface area contributed by atoms with E-state index in [1.54, 1.807) is 12.3 Å². The molecule has 3 aromatic rings. The van der Waals surface area contributed by atoms with Crippen LogP contribution in [0.1, 0.15) is 48.8 Å². The molecule has 0 aliphatic carbocycles. The average molecular weight is 612 g/mol. The van der Waals surface area contributed by atoms with Gasteiger partial charge in [0.15, 0.2) is 5.88 Å². The smallest absolute Gasteiger partial charge is 0.274 e. The van der Waals surface area contributed by atoms with Crippen LogP contribution in [0.4, 0.5) is 17.1 Å². The number of nitrogens with one attached hydrogen (secondary N) is 3. The SMILES string of the molecule is C=C(Nc1ccccc1NC(=O)c1ccc(CN(CCCN2CCN(C)CC2)C(=C)Nc2ccc(C)cc2)cn1)OC(C)(C)C. The normalized spacial score (nSPS) is 14.0. The molecule has 1 aliphatic rings. The Hall–Kier alpha value is -4.34. The summed E-state index contributed by atoms with van der Waals surface area (Å²) in [5.41, 5.74) is 4.44. The number of piperazine rings is 1. The van der Waals surface area contributed by atoms with Gasteiger partial charge in [0.25, 0.3) is 5.91 Å². The van der Waals surface area contributed by atoms with Gasteiger partial charge in [-0.2, -0.15) is 0 Å². The van der Waals surface area contributed by atoms with E-state index in [1.165, 1.54) is 5.56 Å². The van der Waals surface area contributed by atoms with Crippen LogP contribution < -0.4 is 16.0 Å².